The van der Waals surface area contributed by atoms with Crippen molar-refractivity contribution >= 4 is 22.6 Å². The Balaban J connectivity index is 1.23. The Morgan fingerprint density at radius 3 is 2.35 bits per heavy atom. The number of amides is 1. The van der Waals surface area contributed by atoms with E-state index in [0.29, 0.717) is 36.4 Å². The average Bonchev–Trinajstić information content (AvgIpc) is 3.00. The lowest BCUT2D eigenvalue weighted by Gasteiger charge is -2.35. The third-order valence-corrected chi connectivity index (χ3v) is 7.85. The van der Waals surface area contributed by atoms with E-state index in [4.69, 9.17) is 10.5 Å². The van der Waals surface area contributed by atoms with E-state index < -0.39 is 29.7 Å². The molecule has 1 heterocycles. The minimum absolute atomic E-state index is 0.219. The predicted octanol–water partition coefficient (Wildman–Crippen LogP) is 7.33. The van der Waals surface area contributed by atoms with Gasteiger partial charge in [-0.15, -0.1) is 0 Å². The highest BCUT2D eigenvalue weighted by Gasteiger charge is 2.33. The number of nitrogens with zero attached hydrogens (tertiary/aromatic N) is 1. The molecule has 1 aliphatic heterocycles. The first-order chi connectivity index (χ1) is 20.7. The quantitative estimate of drug-likeness (QED) is 0.169. The third kappa shape index (κ3) is 5.74. The maximum atomic E-state index is 13.3. The number of hydrogen-bond donors (Lipinski definition) is 1. The molecular weight excluding hydrogens is 553 g/mol. The first kappa shape index (κ1) is 28.2. The fourth-order valence-corrected chi connectivity index (χ4v) is 5.79. The molecule has 8 heteroatoms. The fraction of sp³-hybridized carbons (Fsp3) is 0.143. The summed E-state index contributed by atoms with van der Waals surface area (Å²) in [7, 11) is 0. The molecule has 0 radical (unpaired) electrons. The number of ether oxygens (including phenoxy) is 1. The lowest BCUT2D eigenvalue weighted by molar-refractivity contribution is -0.137. The minimum atomic E-state index is -4.45. The van der Waals surface area contributed by atoms with E-state index >= 15 is 0 Å². The van der Waals surface area contributed by atoms with Crippen LogP contribution in [-0.4, -0.2) is 23.3 Å². The Kier molecular flexibility index (Phi) is 7.46. The number of rotatable bonds is 6. The number of carbonyl (C=O) groups is 2. The monoisotopic (exact) mass is 580 g/mol. The molecule has 0 spiro atoms. The van der Waals surface area contributed by atoms with Crippen LogP contribution in [-0.2, 0) is 23.9 Å². The molecule has 1 atom stereocenters. The van der Waals surface area contributed by atoms with Gasteiger partial charge in [0, 0.05) is 13.1 Å². The van der Waals surface area contributed by atoms with E-state index in [9.17, 15) is 22.8 Å². The second kappa shape index (κ2) is 11.4. The van der Waals surface area contributed by atoms with E-state index in [-0.39, 0.29) is 5.56 Å². The third-order valence-electron chi connectivity index (χ3n) is 7.85. The minimum Gasteiger partial charge on any atom is -0.423 e. The van der Waals surface area contributed by atoms with E-state index in [1.165, 1.54) is 12.1 Å². The molecule has 1 amide bonds. The van der Waals surface area contributed by atoms with Gasteiger partial charge in [0.25, 0.3) is 0 Å². The van der Waals surface area contributed by atoms with Crippen LogP contribution in [0.15, 0.2) is 109 Å². The number of esters is 1. The van der Waals surface area contributed by atoms with Crippen molar-refractivity contribution in [2.24, 2.45) is 5.73 Å². The largest absolute Gasteiger partial charge is 0.423 e. The normalized spacial score (nSPS) is 15.2. The molecule has 0 fully saturated rings. The van der Waals surface area contributed by atoms with Crippen LogP contribution < -0.4 is 10.5 Å². The highest BCUT2D eigenvalue weighted by atomic mass is 19.4. The standard InChI is InChI=1S/C35H27F3N2O3/c36-35(37,38)26-14-12-23(13-15-26)29-10-3-4-11-31(29)34(42)43-27-16-17-30-24(20-27)18-19-40(32(30)33(39)41)21-25-8-5-7-22-6-1-2-9-28(22)25/h1-17,20,32H,18-19,21H2,(H2,39,41). The molecular formula is C35H27F3N2O3. The summed E-state index contributed by atoms with van der Waals surface area (Å²) in [5.74, 6) is -0.802. The molecule has 216 valence electrons. The number of fused-ring (bicyclic) bond motifs is 2. The molecule has 5 aromatic rings. The van der Waals surface area contributed by atoms with Crippen LogP contribution in [0.5, 0.6) is 5.75 Å². The molecule has 0 aromatic heterocycles. The summed E-state index contributed by atoms with van der Waals surface area (Å²) in [5.41, 5.74) is 9.01. The van der Waals surface area contributed by atoms with Gasteiger partial charge in [0.15, 0.2) is 0 Å². The van der Waals surface area contributed by atoms with Crippen LogP contribution in [0.1, 0.15) is 38.7 Å². The van der Waals surface area contributed by atoms with Crippen molar-refractivity contribution in [1.29, 1.82) is 0 Å². The fourth-order valence-electron chi connectivity index (χ4n) is 5.79. The van der Waals surface area contributed by atoms with Gasteiger partial charge in [0.2, 0.25) is 5.91 Å². The zero-order valence-electron chi connectivity index (χ0n) is 23.0. The zero-order valence-corrected chi connectivity index (χ0v) is 23.0. The molecule has 0 saturated carbocycles. The van der Waals surface area contributed by atoms with Gasteiger partial charge < -0.3 is 10.5 Å². The van der Waals surface area contributed by atoms with Crippen LogP contribution in [0, 0.1) is 0 Å². The first-order valence-electron chi connectivity index (χ1n) is 13.8. The molecule has 0 bridgehead atoms. The second-order valence-electron chi connectivity index (χ2n) is 10.5. The van der Waals surface area contributed by atoms with Gasteiger partial charge in [0.05, 0.1) is 11.1 Å². The van der Waals surface area contributed by atoms with E-state index in [1.54, 1.807) is 42.5 Å². The van der Waals surface area contributed by atoms with Crippen molar-refractivity contribution < 1.29 is 27.5 Å². The lowest BCUT2D eigenvalue weighted by Crippen LogP contribution is -2.42. The number of nitrogens with two attached hydrogens (primary N) is 1. The van der Waals surface area contributed by atoms with Crippen molar-refractivity contribution in [3.05, 3.63) is 137 Å². The Hall–Kier alpha value is -4.95. The summed E-state index contributed by atoms with van der Waals surface area (Å²) in [5, 5.41) is 2.25. The van der Waals surface area contributed by atoms with Gasteiger partial charge in [-0.25, -0.2) is 4.79 Å². The molecule has 6 rings (SSSR count). The van der Waals surface area contributed by atoms with Gasteiger partial charge in [-0.2, -0.15) is 13.2 Å². The summed E-state index contributed by atoms with van der Waals surface area (Å²) in [4.78, 5) is 28.0. The SMILES string of the molecule is NC(=O)C1c2ccc(OC(=O)c3ccccc3-c3ccc(C(F)(F)F)cc3)cc2CCN1Cc1cccc2ccccc12. The van der Waals surface area contributed by atoms with Crippen molar-refractivity contribution in [1.82, 2.24) is 4.90 Å². The van der Waals surface area contributed by atoms with E-state index in [0.717, 1.165) is 39.6 Å². The zero-order chi connectivity index (χ0) is 30.1. The van der Waals surface area contributed by atoms with Gasteiger partial charge in [-0.1, -0.05) is 78.9 Å². The van der Waals surface area contributed by atoms with Crippen molar-refractivity contribution in [2.45, 2.75) is 25.2 Å². The summed E-state index contributed by atoms with van der Waals surface area (Å²) in [6.45, 7) is 1.13. The smallest absolute Gasteiger partial charge is 0.416 e. The van der Waals surface area contributed by atoms with Crippen molar-refractivity contribution in [3.63, 3.8) is 0 Å². The number of carbonyl (C=O) groups excluding carboxylic acids is 2. The van der Waals surface area contributed by atoms with Crippen molar-refractivity contribution in [2.75, 3.05) is 6.54 Å². The number of alkyl halides is 3. The second-order valence-corrected chi connectivity index (χ2v) is 10.5. The van der Waals surface area contributed by atoms with Gasteiger partial charge >= 0.3 is 12.1 Å². The van der Waals surface area contributed by atoms with Crippen LogP contribution in [0.2, 0.25) is 0 Å². The predicted molar refractivity (Wildman–Crippen MR) is 158 cm³/mol. The van der Waals surface area contributed by atoms with Gasteiger partial charge in [-0.05, 0) is 75.3 Å². The number of halogens is 3. The topological polar surface area (TPSA) is 72.6 Å². The van der Waals surface area contributed by atoms with Gasteiger partial charge in [0.1, 0.15) is 11.8 Å². The summed E-state index contributed by atoms with van der Waals surface area (Å²) < 4.78 is 44.8. The maximum Gasteiger partial charge on any atom is 0.416 e. The summed E-state index contributed by atoms with van der Waals surface area (Å²) in [6.07, 6.45) is -3.83. The molecule has 2 N–H and O–H groups in total. The molecule has 0 saturated heterocycles. The molecule has 0 aliphatic carbocycles. The van der Waals surface area contributed by atoms with E-state index in [1.807, 2.05) is 18.2 Å². The highest BCUT2D eigenvalue weighted by molar-refractivity contribution is 5.98. The van der Waals surface area contributed by atoms with Crippen LogP contribution in [0.25, 0.3) is 21.9 Å². The average molecular weight is 581 g/mol. The summed E-state index contributed by atoms with van der Waals surface area (Å²) in [6, 6.07) is 30.0. The lowest BCUT2D eigenvalue weighted by atomic mass is 9.91. The van der Waals surface area contributed by atoms with Crippen LogP contribution in [0.3, 0.4) is 0 Å². The number of hydrogen-bond acceptors (Lipinski definition) is 4. The highest BCUT2D eigenvalue weighted by Crippen LogP contribution is 2.35. The summed E-state index contributed by atoms with van der Waals surface area (Å²) >= 11 is 0. The Labute approximate surface area is 246 Å². The molecule has 5 nitrogen and oxygen atoms in total. The number of benzene rings is 5. The molecule has 5 aromatic carbocycles. The van der Waals surface area contributed by atoms with Crippen molar-refractivity contribution in [3.8, 4) is 16.9 Å². The molecule has 43 heavy (non-hydrogen) atoms. The van der Waals surface area contributed by atoms with Gasteiger partial charge in [-0.3, -0.25) is 9.69 Å². The Bertz CT molecular complexity index is 1830. The first-order valence-corrected chi connectivity index (χ1v) is 13.8. The Morgan fingerprint density at radius 1 is 0.860 bits per heavy atom. The van der Waals surface area contributed by atoms with E-state index in [2.05, 4.69) is 29.2 Å². The van der Waals surface area contributed by atoms with Crippen LogP contribution >= 0.6 is 0 Å². The molecule has 1 unspecified atom stereocenters. The van der Waals surface area contributed by atoms with Crippen LogP contribution in [0.4, 0.5) is 13.2 Å². The number of primary amides is 1. The Morgan fingerprint density at radius 2 is 1.58 bits per heavy atom. The maximum absolute atomic E-state index is 13.3. The molecule has 1 aliphatic rings.